The van der Waals surface area contributed by atoms with E-state index in [1.54, 1.807) is 0 Å². The van der Waals surface area contributed by atoms with Crippen molar-refractivity contribution >= 4 is 39.9 Å². The van der Waals surface area contributed by atoms with Crippen LogP contribution in [-0.2, 0) is 0 Å². The molecule has 0 spiro atoms. The fourth-order valence-corrected chi connectivity index (χ4v) is 3.67. The number of rotatable bonds is 3. The Labute approximate surface area is 134 Å². The van der Waals surface area contributed by atoms with E-state index in [1.807, 2.05) is 18.2 Å². The van der Waals surface area contributed by atoms with Crippen LogP contribution in [0, 0.1) is 5.92 Å². The minimum absolute atomic E-state index is 0. The van der Waals surface area contributed by atoms with Crippen LogP contribution in [0.15, 0.2) is 22.7 Å². The summed E-state index contributed by atoms with van der Waals surface area (Å²) in [5, 5.41) is 11.1. The van der Waals surface area contributed by atoms with Gasteiger partial charge in [0, 0.05) is 9.50 Å². The molecular formula is C14H20BrCl2NO. The average molecular weight is 369 g/mol. The van der Waals surface area contributed by atoms with Crippen LogP contribution >= 0.6 is 39.9 Å². The van der Waals surface area contributed by atoms with Gasteiger partial charge in [0.15, 0.2) is 0 Å². The minimum atomic E-state index is -0.470. The Balaban J connectivity index is 0.00000180. The first-order valence-electron chi connectivity index (χ1n) is 6.48. The zero-order valence-electron chi connectivity index (χ0n) is 10.7. The zero-order valence-corrected chi connectivity index (χ0v) is 13.8. The van der Waals surface area contributed by atoms with Gasteiger partial charge in [0.1, 0.15) is 0 Å². The van der Waals surface area contributed by atoms with E-state index in [9.17, 15) is 5.11 Å². The molecule has 1 saturated carbocycles. The van der Waals surface area contributed by atoms with Crippen molar-refractivity contribution in [3.8, 4) is 0 Å². The van der Waals surface area contributed by atoms with Crippen LogP contribution in [-0.4, -0.2) is 11.2 Å². The lowest BCUT2D eigenvalue weighted by molar-refractivity contribution is 0.0616. The molecule has 2 nitrogen and oxygen atoms in total. The second kappa shape index (κ2) is 7.84. The van der Waals surface area contributed by atoms with Crippen LogP contribution < -0.4 is 5.73 Å². The molecule has 1 aromatic carbocycles. The smallest absolute Gasteiger partial charge is 0.0761 e. The third-order valence-corrected chi connectivity index (χ3v) is 4.74. The third kappa shape index (κ3) is 4.33. The van der Waals surface area contributed by atoms with Gasteiger partial charge in [-0.25, -0.2) is 0 Å². The van der Waals surface area contributed by atoms with Crippen LogP contribution in [0.2, 0.25) is 5.02 Å². The summed E-state index contributed by atoms with van der Waals surface area (Å²) in [4.78, 5) is 0. The Morgan fingerprint density at radius 3 is 2.47 bits per heavy atom. The summed E-state index contributed by atoms with van der Waals surface area (Å²) in [6, 6.07) is 5.18. The summed E-state index contributed by atoms with van der Waals surface area (Å²) in [6.07, 6.45) is 5.39. The first-order chi connectivity index (χ1) is 8.59. The Morgan fingerprint density at radius 1 is 1.26 bits per heavy atom. The molecule has 1 aliphatic carbocycles. The van der Waals surface area contributed by atoms with Gasteiger partial charge >= 0.3 is 0 Å². The number of halogens is 3. The van der Waals surface area contributed by atoms with Gasteiger partial charge < -0.3 is 10.8 Å². The lowest BCUT2D eigenvalue weighted by Gasteiger charge is -2.31. The SMILES string of the molecule is Cl.N[C@H](c1ccc(Cl)cc1Br)[C@@H](O)C1CCCCC1. The normalized spacial score (nSPS) is 19.6. The molecule has 0 saturated heterocycles. The molecule has 2 rings (SSSR count). The summed E-state index contributed by atoms with van der Waals surface area (Å²) in [5.41, 5.74) is 7.13. The van der Waals surface area contributed by atoms with Crippen molar-refractivity contribution in [2.45, 2.75) is 44.2 Å². The van der Waals surface area contributed by atoms with Crippen molar-refractivity contribution in [2.24, 2.45) is 11.7 Å². The molecule has 5 heteroatoms. The number of hydrogen-bond acceptors (Lipinski definition) is 2. The predicted molar refractivity (Wildman–Crippen MR) is 85.9 cm³/mol. The average Bonchev–Trinajstić information content (AvgIpc) is 2.38. The molecule has 108 valence electrons. The van der Waals surface area contributed by atoms with Gasteiger partial charge in [-0.3, -0.25) is 0 Å². The van der Waals surface area contributed by atoms with Crippen LogP contribution in [0.25, 0.3) is 0 Å². The van der Waals surface area contributed by atoms with Gasteiger partial charge in [-0.15, -0.1) is 12.4 Å². The van der Waals surface area contributed by atoms with Crippen molar-refractivity contribution in [1.29, 1.82) is 0 Å². The van der Waals surface area contributed by atoms with Gasteiger partial charge in [0.05, 0.1) is 12.1 Å². The molecule has 1 aromatic rings. The standard InChI is InChI=1S/C14H19BrClNO.ClH/c15-12-8-10(16)6-7-11(12)13(17)14(18)9-4-2-1-3-5-9;/h6-9,13-14,18H,1-5,17H2;1H/t13-,14+;/m1./s1. The highest BCUT2D eigenvalue weighted by atomic mass is 79.9. The van der Waals surface area contributed by atoms with E-state index in [4.69, 9.17) is 17.3 Å². The van der Waals surface area contributed by atoms with Crippen LogP contribution in [0.4, 0.5) is 0 Å². The molecule has 1 fully saturated rings. The maximum absolute atomic E-state index is 10.4. The molecule has 0 aromatic heterocycles. The quantitative estimate of drug-likeness (QED) is 0.826. The maximum atomic E-state index is 10.4. The molecular weight excluding hydrogens is 349 g/mol. The van der Waals surface area contributed by atoms with Crippen molar-refractivity contribution < 1.29 is 5.11 Å². The molecule has 0 bridgehead atoms. The van der Waals surface area contributed by atoms with Gasteiger partial charge in [0.2, 0.25) is 0 Å². The van der Waals surface area contributed by atoms with Crippen molar-refractivity contribution in [3.63, 3.8) is 0 Å². The van der Waals surface area contributed by atoms with Crippen LogP contribution in [0.3, 0.4) is 0 Å². The molecule has 0 radical (unpaired) electrons. The number of hydrogen-bond donors (Lipinski definition) is 2. The van der Waals surface area contributed by atoms with E-state index in [2.05, 4.69) is 15.9 Å². The molecule has 2 atom stereocenters. The largest absolute Gasteiger partial charge is 0.391 e. The summed E-state index contributed by atoms with van der Waals surface area (Å²) in [6.45, 7) is 0. The summed E-state index contributed by atoms with van der Waals surface area (Å²) in [5.74, 6) is 0.330. The second-order valence-electron chi connectivity index (χ2n) is 5.08. The Bertz CT molecular complexity index is 410. The Hall–Kier alpha value is 0.200. The molecule has 0 heterocycles. The highest BCUT2D eigenvalue weighted by Crippen LogP contribution is 2.34. The van der Waals surface area contributed by atoms with Gasteiger partial charge in [-0.05, 0) is 36.5 Å². The minimum Gasteiger partial charge on any atom is -0.391 e. The lowest BCUT2D eigenvalue weighted by atomic mass is 9.81. The zero-order chi connectivity index (χ0) is 13.1. The summed E-state index contributed by atoms with van der Waals surface area (Å²) < 4.78 is 0.873. The van der Waals surface area contributed by atoms with E-state index in [1.165, 1.54) is 19.3 Å². The highest BCUT2D eigenvalue weighted by molar-refractivity contribution is 9.10. The van der Waals surface area contributed by atoms with E-state index >= 15 is 0 Å². The maximum Gasteiger partial charge on any atom is 0.0761 e. The molecule has 1 aliphatic rings. The number of aliphatic hydroxyl groups excluding tert-OH is 1. The fourth-order valence-electron chi connectivity index (χ4n) is 2.72. The summed E-state index contributed by atoms with van der Waals surface area (Å²) in [7, 11) is 0. The van der Waals surface area contributed by atoms with E-state index in [0.29, 0.717) is 10.9 Å². The highest BCUT2D eigenvalue weighted by Gasteiger charge is 2.28. The number of nitrogens with two attached hydrogens (primary N) is 1. The molecule has 0 aliphatic heterocycles. The second-order valence-corrected chi connectivity index (χ2v) is 6.37. The monoisotopic (exact) mass is 367 g/mol. The van der Waals surface area contributed by atoms with E-state index in [-0.39, 0.29) is 18.4 Å². The topological polar surface area (TPSA) is 46.2 Å². The van der Waals surface area contributed by atoms with Crippen molar-refractivity contribution in [3.05, 3.63) is 33.3 Å². The lowest BCUT2D eigenvalue weighted by Crippen LogP contribution is -2.34. The fraction of sp³-hybridized carbons (Fsp3) is 0.571. The summed E-state index contributed by atoms with van der Waals surface area (Å²) >= 11 is 9.38. The number of benzene rings is 1. The molecule has 19 heavy (non-hydrogen) atoms. The van der Waals surface area contributed by atoms with Crippen molar-refractivity contribution in [2.75, 3.05) is 0 Å². The first-order valence-corrected chi connectivity index (χ1v) is 7.65. The Morgan fingerprint density at radius 2 is 1.89 bits per heavy atom. The van der Waals surface area contributed by atoms with E-state index in [0.717, 1.165) is 22.9 Å². The van der Waals surface area contributed by atoms with E-state index < -0.39 is 6.10 Å². The molecule has 0 amide bonds. The van der Waals surface area contributed by atoms with Gasteiger partial charge in [0.25, 0.3) is 0 Å². The van der Waals surface area contributed by atoms with Crippen molar-refractivity contribution in [1.82, 2.24) is 0 Å². The van der Waals surface area contributed by atoms with Gasteiger partial charge in [-0.2, -0.15) is 0 Å². The Kier molecular flexibility index (Phi) is 7.12. The molecule has 0 unspecified atom stereocenters. The van der Waals surface area contributed by atoms with Crippen LogP contribution in [0.5, 0.6) is 0 Å². The first kappa shape index (κ1) is 17.3. The third-order valence-electron chi connectivity index (χ3n) is 3.82. The predicted octanol–water partition coefficient (Wildman–Crippen LogP) is 4.47. The molecule has 3 N–H and O–H groups in total. The van der Waals surface area contributed by atoms with Crippen LogP contribution in [0.1, 0.15) is 43.7 Å². The van der Waals surface area contributed by atoms with Gasteiger partial charge in [-0.1, -0.05) is 52.9 Å². The number of aliphatic hydroxyl groups is 1.